The molecule has 2 aromatic carbocycles. The van der Waals surface area contributed by atoms with Gasteiger partial charge in [-0.3, -0.25) is 4.90 Å². The second kappa shape index (κ2) is 8.85. The highest BCUT2D eigenvalue weighted by Gasteiger charge is 2.19. The van der Waals surface area contributed by atoms with Gasteiger partial charge in [0.2, 0.25) is 0 Å². The smallest absolute Gasteiger partial charge is 0.164 e. The van der Waals surface area contributed by atoms with Gasteiger partial charge in [-0.2, -0.15) is 5.10 Å². The third-order valence-corrected chi connectivity index (χ3v) is 6.31. The quantitative estimate of drug-likeness (QED) is 0.406. The summed E-state index contributed by atoms with van der Waals surface area (Å²) in [6.07, 6.45) is 2.26. The van der Waals surface area contributed by atoms with Crippen molar-refractivity contribution < 1.29 is 4.74 Å². The number of aromatic nitrogens is 6. The molecule has 0 radical (unpaired) electrons. The molecule has 9 nitrogen and oxygen atoms in total. The Balaban J connectivity index is 1.34. The van der Waals surface area contributed by atoms with Crippen LogP contribution in [0.2, 0.25) is 0 Å². The topological polar surface area (TPSA) is 111 Å². The Bertz CT molecular complexity index is 1440. The monoisotopic (exact) mass is 454 g/mol. The number of aromatic amines is 1. The number of nitrogen functional groups attached to an aromatic ring is 1. The van der Waals surface area contributed by atoms with Crippen LogP contribution < -0.4 is 5.73 Å². The molecule has 0 amide bonds. The zero-order valence-electron chi connectivity index (χ0n) is 18.8. The maximum Gasteiger partial charge on any atom is 0.164 e. The average molecular weight is 455 g/mol. The Morgan fingerprint density at radius 1 is 1.00 bits per heavy atom. The molecule has 3 N–H and O–H groups in total. The van der Waals surface area contributed by atoms with Crippen molar-refractivity contribution in [2.45, 2.75) is 13.0 Å². The predicted octanol–water partition coefficient (Wildman–Crippen LogP) is 2.87. The van der Waals surface area contributed by atoms with Gasteiger partial charge in [0, 0.05) is 31.6 Å². The lowest BCUT2D eigenvalue weighted by atomic mass is 10.1. The van der Waals surface area contributed by atoms with E-state index in [1.807, 2.05) is 35.0 Å². The molecular formula is C25H26N8O. The molecule has 9 heteroatoms. The van der Waals surface area contributed by atoms with E-state index in [0.717, 1.165) is 85.0 Å². The number of nitrogens with two attached hydrogens (primary N) is 1. The molecule has 1 saturated heterocycles. The number of fused-ring (bicyclic) bond motifs is 2. The normalized spacial score (nSPS) is 14.8. The number of rotatable bonds is 6. The molecule has 0 aliphatic carbocycles. The van der Waals surface area contributed by atoms with Crippen molar-refractivity contribution in [3.05, 3.63) is 66.2 Å². The number of benzene rings is 2. The van der Waals surface area contributed by atoms with Crippen LogP contribution in [0.1, 0.15) is 11.4 Å². The Hall–Kier alpha value is -3.82. The van der Waals surface area contributed by atoms with Crippen LogP contribution in [0.4, 0.5) is 5.82 Å². The first kappa shape index (κ1) is 20.8. The second-order valence-electron chi connectivity index (χ2n) is 8.56. The molecular weight excluding hydrogens is 428 g/mol. The highest BCUT2D eigenvalue weighted by Crippen LogP contribution is 2.31. The van der Waals surface area contributed by atoms with Crippen LogP contribution in [0.25, 0.3) is 33.3 Å². The maximum absolute atomic E-state index is 6.30. The van der Waals surface area contributed by atoms with Crippen LogP contribution in [-0.2, 0) is 17.7 Å². The summed E-state index contributed by atoms with van der Waals surface area (Å²) in [5.41, 5.74) is 11.9. The summed E-state index contributed by atoms with van der Waals surface area (Å²) in [4.78, 5) is 19.4. The first-order valence-electron chi connectivity index (χ1n) is 11.5. The molecule has 0 saturated carbocycles. The predicted molar refractivity (Wildman–Crippen MR) is 131 cm³/mol. The standard InChI is InChI=1S/C25H26N8O/c26-24-22-23(31-33(25(22)28-16-27-24)9-8-32-10-12-34-13-11-32)18-6-7-19-20(15-18)30-21(29-19)14-17-4-2-1-3-5-17/h1-7,15-16H,8-14H2,(H,29,30)(H2,26,27,28). The Kier molecular flexibility index (Phi) is 5.40. The van der Waals surface area contributed by atoms with Crippen LogP contribution in [0.15, 0.2) is 54.9 Å². The summed E-state index contributed by atoms with van der Waals surface area (Å²) >= 11 is 0. The van der Waals surface area contributed by atoms with Crippen LogP contribution >= 0.6 is 0 Å². The Morgan fingerprint density at radius 3 is 2.71 bits per heavy atom. The van der Waals surface area contributed by atoms with Crippen molar-refractivity contribution in [1.82, 2.24) is 34.6 Å². The molecule has 34 heavy (non-hydrogen) atoms. The molecule has 172 valence electrons. The van der Waals surface area contributed by atoms with E-state index in [-0.39, 0.29) is 0 Å². The van der Waals surface area contributed by atoms with Gasteiger partial charge in [-0.1, -0.05) is 36.4 Å². The third kappa shape index (κ3) is 4.00. The number of anilines is 1. The fraction of sp³-hybridized carbons (Fsp3) is 0.280. The molecule has 1 aliphatic rings. The number of H-pyrrole nitrogens is 1. The van der Waals surface area contributed by atoms with Gasteiger partial charge in [0.15, 0.2) is 5.65 Å². The largest absolute Gasteiger partial charge is 0.383 e. The summed E-state index contributed by atoms with van der Waals surface area (Å²) in [6, 6.07) is 16.5. The van der Waals surface area contributed by atoms with Crippen molar-refractivity contribution in [1.29, 1.82) is 0 Å². The number of hydrogen-bond acceptors (Lipinski definition) is 7. The van der Waals surface area contributed by atoms with Crippen LogP contribution in [0.3, 0.4) is 0 Å². The maximum atomic E-state index is 6.30. The van der Waals surface area contributed by atoms with E-state index >= 15 is 0 Å². The summed E-state index contributed by atoms with van der Waals surface area (Å²) in [5, 5.41) is 5.71. The molecule has 3 aromatic heterocycles. The summed E-state index contributed by atoms with van der Waals surface area (Å²) in [6.45, 7) is 5.02. The molecule has 0 atom stereocenters. The third-order valence-electron chi connectivity index (χ3n) is 6.31. The number of imidazole rings is 1. The summed E-state index contributed by atoms with van der Waals surface area (Å²) < 4.78 is 7.40. The number of hydrogen-bond donors (Lipinski definition) is 2. The SMILES string of the molecule is Nc1ncnc2c1c(-c1ccc3nc(Cc4ccccc4)[nH]c3c1)nn2CCN1CCOCC1. The summed E-state index contributed by atoms with van der Waals surface area (Å²) in [5.74, 6) is 1.37. The molecule has 0 unspecified atom stereocenters. The first-order valence-corrected chi connectivity index (χ1v) is 11.5. The molecule has 0 bridgehead atoms. The van der Waals surface area contributed by atoms with E-state index in [2.05, 4.69) is 38.1 Å². The van der Waals surface area contributed by atoms with E-state index < -0.39 is 0 Å². The van der Waals surface area contributed by atoms with E-state index in [1.165, 1.54) is 11.9 Å². The van der Waals surface area contributed by atoms with Crippen LogP contribution in [-0.4, -0.2) is 67.5 Å². The van der Waals surface area contributed by atoms with E-state index in [9.17, 15) is 0 Å². The number of morpholine rings is 1. The molecule has 1 aliphatic heterocycles. The van der Waals surface area contributed by atoms with Crippen molar-refractivity contribution in [3.63, 3.8) is 0 Å². The van der Waals surface area contributed by atoms with Gasteiger partial charge in [0.05, 0.1) is 36.2 Å². The molecule has 5 aromatic rings. The van der Waals surface area contributed by atoms with E-state index in [0.29, 0.717) is 5.82 Å². The number of ether oxygens (including phenoxy) is 1. The average Bonchev–Trinajstić information content (AvgIpc) is 3.45. The highest BCUT2D eigenvalue weighted by molar-refractivity contribution is 5.99. The van der Waals surface area contributed by atoms with Gasteiger partial charge in [0.25, 0.3) is 0 Å². The van der Waals surface area contributed by atoms with E-state index in [4.69, 9.17) is 20.6 Å². The Labute approximate surface area is 196 Å². The molecule has 1 fully saturated rings. The molecule has 6 rings (SSSR count). The lowest BCUT2D eigenvalue weighted by molar-refractivity contribution is 0.0361. The van der Waals surface area contributed by atoms with Gasteiger partial charge < -0.3 is 15.5 Å². The van der Waals surface area contributed by atoms with Crippen molar-refractivity contribution in [2.75, 3.05) is 38.6 Å². The van der Waals surface area contributed by atoms with Gasteiger partial charge in [-0.15, -0.1) is 0 Å². The van der Waals surface area contributed by atoms with Gasteiger partial charge in [0.1, 0.15) is 23.7 Å². The lowest BCUT2D eigenvalue weighted by Crippen LogP contribution is -2.38. The second-order valence-corrected chi connectivity index (χ2v) is 8.56. The fourth-order valence-corrected chi connectivity index (χ4v) is 4.53. The highest BCUT2D eigenvalue weighted by atomic mass is 16.5. The van der Waals surface area contributed by atoms with Crippen molar-refractivity contribution >= 4 is 27.9 Å². The minimum absolute atomic E-state index is 0.437. The zero-order chi connectivity index (χ0) is 22.9. The number of nitrogens with zero attached hydrogens (tertiary/aromatic N) is 6. The minimum atomic E-state index is 0.437. The minimum Gasteiger partial charge on any atom is -0.383 e. The van der Waals surface area contributed by atoms with Gasteiger partial charge >= 0.3 is 0 Å². The molecule has 0 spiro atoms. The molecule has 4 heterocycles. The lowest BCUT2D eigenvalue weighted by Gasteiger charge is -2.26. The fourth-order valence-electron chi connectivity index (χ4n) is 4.53. The van der Waals surface area contributed by atoms with E-state index in [1.54, 1.807) is 0 Å². The van der Waals surface area contributed by atoms with Crippen LogP contribution in [0, 0.1) is 0 Å². The Morgan fingerprint density at radius 2 is 1.85 bits per heavy atom. The zero-order valence-corrected chi connectivity index (χ0v) is 18.8. The van der Waals surface area contributed by atoms with Crippen molar-refractivity contribution in [2.24, 2.45) is 0 Å². The first-order chi connectivity index (χ1) is 16.7. The van der Waals surface area contributed by atoms with Crippen LogP contribution in [0.5, 0.6) is 0 Å². The summed E-state index contributed by atoms with van der Waals surface area (Å²) in [7, 11) is 0. The van der Waals surface area contributed by atoms with Crippen molar-refractivity contribution in [3.8, 4) is 11.3 Å². The number of nitrogens with one attached hydrogen (secondary N) is 1. The van der Waals surface area contributed by atoms with Gasteiger partial charge in [-0.25, -0.2) is 19.6 Å². The van der Waals surface area contributed by atoms with Gasteiger partial charge in [-0.05, 0) is 17.7 Å².